The Bertz CT molecular complexity index is 190. The van der Waals surface area contributed by atoms with E-state index in [1.165, 1.54) is 5.67 Å². The van der Waals surface area contributed by atoms with Crippen LogP contribution in [0.25, 0.3) is 0 Å². The molecule has 0 unspecified atom stereocenters. The molecule has 15 heavy (non-hydrogen) atoms. The second-order valence-electron chi connectivity index (χ2n) is 5.70. The molecule has 0 atom stereocenters. The van der Waals surface area contributed by atoms with Crippen molar-refractivity contribution in [1.82, 2.24) is 4.90 Å². The van der Waals surface area contributed by atoms with Crippen LogP contribution in [-0.2, 0) is 8.85 Å². The summed E-state index contributed by atoms with van der Waals surface area (Å²) in [4.78, 5) is 2.29. The fourth-order valence-electron chi connectivity index (χ4n) is 2.19. The topological polar surface area (TPSA) is 21.7 Å². The molecular formula is C10H25NO2Si2. The van der Waals surface area contributed by atoms with Crippen molar-refractivity contribution in [2.75, 3.05) is 33.4 Å². The normalized spacial score (nSPS) is 28.6. The molecule has 1 fully saturated rings. The van der Waals surface area contributed by atoms with Gasteiger partial charge in [-0.15, -0.1) is 0 Å². The van der Waals surface area contributed by atoms with Crippen molar-refractivity contribution < 1.29 is 8.85 Å². The number of likely N-dealkylation sites (N-methyl/N-ethyl adjacent to an activating group) is 1. The van der Waals surface area contributed by atoms with Gasteiger partial charge in [0.2, 0.25) is 0 Å². The highest BCUT2D eigenvalue weighted by Gasteiger charge is 2.35. The van der Waals surface area contributed by atoms with Crippen LogP contribution in [0.15, 0.2) is 0 Å². The monoisotopic (exact) mass is 247 g/mol. The second-order valence-corrected chi connectivity index (χ2v) is 14.7. The molecular weight excluding hydrogens is 222 g/mol. The lowest BCUT2D eigenvalue weighted by molar-refractivity contribution is 0.188. The molecule has 0 amide bonds. The van der Waals surface area contributed by atoms with Gasteiger partial charge in [-0.1, -0.05) is 0 Å². The van der Waals surface area contributed by atoms with E-state index in [1.54, 1.807) is 0 Å². The van der Waals surface area contributed by atoms with Crippen LogP contribution in [0.1, 0.15) is 0 Å². The summed E-state index contributed by atoms with van der Waals surface area (Å²) >= 11 is 0. The zero-order valence-corrected chi connectivity index (χ0v) is 12.8. The molecule has 0 radical (unpaired) electrons. The summed E-state index contributed by atoms with van der Waals surface area (Å²) in [6.45, 7) is 13.1. The van der Waals surface area contributed by atoms with E-state index in [1.807, 2.05) is 0 Å². The average Bonchev–Trinajstić information content (AvgIpc) is 1.99. The van der Waals surface area contributed by atoms with E-state index in [-0.39, 0.29) is 0 Å². The van der Waals surface area contributed by atoms with E-state index in [4.69, 9.17) is 8.85 Å². The molecule has 0 aromatic heterocycles. The highest BCUT2D eigenvalue weighted by molar-refractivity contribution is 6.89. The van der Waals surface area contributed by atoms with Gasteiger partial charge in [0.1, 0.15) is 0 Å². The molecule has 1 aliphatic rings. The molecule has 1 aliphatic heterocycles. The average molecular weight is 247 g/mol. The minimum atomic E-state index is -1.48. The maximum Gasteiger partial charge on any atom is 0.186 e. The predicted molar refractivity (Wildman–Crippen MR) is 69.2 cm³/mol. The molecule has 0 aromatic rings. The molecule has 1 heterocycles. The van der Waals surface area contributed by atoms with Gasteiger partial charge in [0.25, 0.3) is 0 Å². The van der Waals surface area contributed by atoms with Gasteiger partial charge in [0, 0.05) is 26.3 Å². The summed E-state index contributed by atoms with van der Waals surface area (Å²) in [6, 6.07) is 0. The van der Waals surface area contributed by atoms with Gasteiger partial charge in [-0.3, -0.25) is 0 Å². The van der Waals surface area contributed by atoms with Gasteiger partial charge in [0.05, 0.1) is 0 Å². The van der Waals surface area contributed by atoms with E-state index < -0.39 is 16.6 Å². The van der Waals surface area contributed by atoms with Crippen molar-refractivity contribution in [3.05, 3.63) is 0 Å². The van der Waals surface area contributed by atoms with E-state index in [2.05, 4.69) is 38.1 Å². The van der Waals surface area contributed by atoms with E-state index >= 15 is 0 Å². The molecule has 0 saturated carbocycles. The third kappa shape index (κ3) is 5.26. The van der Waals surface area contributed by atoms with Crippen LogP contribution in [0.5, 0.6) is 0 Å². The van der Waals surface area contributed by atoms with Crippen molar-refractivity contribution in [2.24, 2.45) is 0 Å². The van der Waals surface area contributed by atoms with E-state index in [0.29, 0.717) is 0 Å². The van der Waals surface area contributed by atoms with Crippen molar-refractivity contribution in [2.45, 2.75) is 31.9 Å². The van der Waals surface area contributed by atoms with Crippen LogP contribution in [0.2, 0.25) is 31.9 Å². The molecule has 3 nitrogen and oxygen atoms in total. The van der Waals surface area contributed by atoms with E-state index in [0.717, 1.165) is 26.3 Å². The molecule has 0 spiro atoms. The Morgan fingerprint density at radius 2 is 1.27 bits per heavy atom. The Morgan fingerprint density at radius 3 is 1.67 bits per heavy atom. The largest absolute Gasteiger partial charge is 0.416 e. The lowest BCUT2D eigenvalue weighted by Gasteiger charge is -2.34. The first-order chi connectivity index (χ1) is 6.81. The molecule has 1 saturated heterocycles. The Balaban J connectivity index is 2.60. The summed E-state index contributed by atoms with van der Waals surface area (Å²) < 4.78 is 12.1. The lowest BCUT2D eigenvalue weighted by atomic mass is 10.5. The lowest BCUT2D eigenvalue weighted by Crippen LogP contribution is -2.47. The quantitative estimate of drug-likeness (QED) is 0.611. The van der Waals surface area contributed by atoms with Crippen LogP contribution in [-0.4, -0.2) is 54.9 Å². The van der Waals surface area contributed by atoms with Crippen LogP contribution >= 0.6 is 0 Å². The van der Waals surface area contributed by atoms with Gasteiger partial charge in [-0.05, 0) is 38.9 Å². The Labute approximate surface area is 96.0 Å². The Kier molecular flexibility index (Phi) is 4.55. The summed E-state index contributed by atoms with van der Waals surface area (Å²) in [5, 5.41) is 0. The highest BCUT2D eigenvalue weighted by atomic mass is 28.4. The summed E-state index contributed by atoms with van der Waals surface area (Å²) in [5.74, 6) is 0. The molecule has 0 aromatic carbocycles. The van der Waals surface area contributed by atoms with Crippen LogP contribution in [0, 0.1) is 0 Å². The van der Waals surface area contributed by atoms with Crippen LogP contribution < -0.4 is 0 Å². The Morgan fingerprint density at radius 1 is 0.867 bits per heavy atom. The minimum Gasteiger partial charge on any atom is -0.416 e. The van der Waals surface area contributed by atoms with E-state index in [9.17, 15) is 0 Å². The maximum absolute atomic E-state index is 6.06. The number of hydrogen-bond acceptors (Lipinski definition) is 3. The van der Waals surface area contributed by atoms with Crippen molar-refractivity contribution in [3.8, 4) is 0 Å². The molecule has 1 rings (SSSR count). The standard InChI is InChI=1S/C10H25NO2Si2/c1-11-6-8-12-14(2,3)10-15(4,5)13-9-7-11/h6-10H2,1-5H3. The Hall–Kier alpha value is 0.314. The van der Waals surface area contributed by atoms with Gasteiger partial charge >= 0.3 is 0 Å². The fraction of sp³-hybridized carbons (Fsp3) is 1.00. The summed E-state index contributed by atoms with van der Waals surface area (Å²) in [7, 11) is -0.829. The van der Waals surface area contributed by atoms with Crippen LogP contribution in [0.4, 0.5) is 0 Å². The molecule has 5 heteroatoms. The molecule has 90 valence electrons. The van der Waals surface area contributed by atoms with Crippen molar-refractivity contribution in [3.63, 3.8) is 0 Å². The first-order valence-corrected chi connectivity index (χ1v) is 12.0. The smallest absolute Gasteiger partial charge is 0.186 e. The fourth-order valence-corrected chi connectivity index (χ4v) is 12.5. The van der Waals surface area contributed by atoms with Crippen molar-refractivity contribution >= 4 is 16.6 Å². The first kappa shape index (κ1) is 13.4. The highest BCUT2D eigenvalue weighted by Crippen LogP contribution is 2.22. The molecule has 0 N–H and O–H groups in total. The van der Waals surface area contributed by atoms with Gasteiger partial charge in [-0.25, -0.2) is 0 Å². The number of hydrogen-bond donors (Lipinski definition) is 0. The zero-order valence-electron chi connectivity index (χ0n) is 10.8. The summed E-state index contributed by atoms with van der Waals surface area (Å²) in [6.07, 6.45) is 0. The summed E-state index contributed by atoms with van der Waals surface area (Å²) in [5.41, 5.74) is 1.21. The van der Waals surface area contributed by atoms with Gasteiger partial charge in [-0.2, -0.15) is 0 Å². The van der Waals surface area contributed by atoms with Gasteiger partial charge < -0.3 is 13.8 Å². The maximum atomic E-state index is 6.06. The molecule has 0 bridgehead atoms. The number of nitrogens with zero attached hydrogens (tertiary/aromatic N) is 1. The van der Waals surface area contributed by atoms with Crippen LogP contribution in [0.3, 0.4) is 0 Å². The SMILES string of the molecule is CN1CCO[Si](C)(C)C[Si](C)(C)OCC1. The van der Waals surface area contributed by atoms with Crippen molar-refractivity contribution in [1.29, 1.82) is 0 Å². The van der Waals surface area contributed by atoms with Gasteiger partial charge in [0.15, 0.2) is 16.6 Å². The second kappa shape index (κ2) is 5.10. The molecule has 0 aliphatic carbocycles. The third-order valence-electron chi connectivity index (χ3n) is 2.78. The minimum absolute atomic E-state index is 0.889. The third-order valence-corrected chi connectivity index (χ3v) is 11.6. The number of rotatable bonds is 0. The zero-order chi connectivity index (χ0) is 11.5. The predicted octanol–water partition coefficient (Wildman–Crippen LogP) is 1.91. The first-order valence-electron chi connectivity index (χ1n) is 5.77.